The lowest BCUT2D eigenvalue weighted by molar-refractivity contribution is 0.0955. The van der Waals surface area contributed by atoms with Crippen LogP contribution in [0.4, 0.5) is 0 Å². The Hall–Kier alpha value is -2.60. The molecule has 1 atom stereocenters. The third kappa shape index (κ3) is 3.12. The summed E-state index contributed by atoms with van der Waals surface area (Å²) >= 11 is 0. The first kappa shape index (κ1) is 16.8. The van der Waals surface area contributed by atoms with Gasteiger partial charge in [0.05, 0.1) is 6.04 Å². The van der Waals surface area contributed by atoms with Crippen molar-refractivity contribution in [2.75, 3.05) is 20.1 Å². The number of rotatable bonds is 4. The molecule has 6 nitrogen and oxygen atoms in total. The predicted molar refractivity (Wildman–Crippen MR) is 100 cm³/mol. The zero-order valence-electron chi connectivity index (χ0n) is 15.2. The largest absolute Gasteiger partial charge is 0.461 e. The van der Waals surface area contributed by atoms with E-state index >= 15 is 0 Å². The molecule has 0 saturated carbocycles. The Morgan fingerprint density at radius 2 is 2.19 bits per heavy atom. The van der Waals surface area contributed by atoms with Crippen molar-refractivity contribution in [3.8, 4) is 0 Å². The molecule has 1 N–H and O–H groups in total. The monoisotopic (exact) mass is 352 g/mol. The Morgan fingerprint density at radius 1 is 1.35 bits per heavy atom. The Kier molecular flexibility index (Phi) is 4.51. The fourth-order valence-corrected chi connectivity index (χ4v) is 3.82. The molecule has 136 valence electrons. The van der Waals surface area contributed by atoms with Crippen molar-refractivity contribution >= 4 is 16.9 Å². The zero-order valence-corrected chi connectivity index (χ0v) is 15.2. The number of nitrogens with zero attached hydrogens (tertiary/aromatic N) is 3. The summed E-state index contributed by atoms with van der Waals surface area (Å²) < 4.78 is 7.85. The highest BCUT2D eigenvalue weighted by Gasteiger charge is 2.24. The molecule has 2 aromatic heterocycles. The summed E-state index contributed by atoms with van der Waals surface area (Å²) in [5.41, 5.74) is 2.70. The van der Waals surface area contributed by atoms with Gasteiger partial charge in [0, 0.05) is 37.3 Å². The van der Waals surface area contributed by atoms with Gasteiger partial charge in [-0.2, -0.15) is 5.10 Å². The molecule has 0 unspecified atom stereocenters. The van der Waals surface area contributed by atoms with Gasteiger partial charge >= 0.3 is 0 Å². The van der Waals surface area contributed by atoms with Crippen molar-refractivity contribution in [1.82, 2.24) is 20.0 Å². The van der Waals surface area contributed by atoms with Crippen molar-refractivity contribution in [3.05, 3.63) is 53.5 Å². The number of fused-ring (bicyclic) bond motifs is 1. The summed E-state index contributed by atoms with van der Waals surface area (Å²) in [4.78, 5) is 14.2. The molecule has 1 aliphatic heterocycles. The van der Waals surface area contributed by atoms with Crippen LogP contribution in [0, 0.1) is 6.92 Å². The van der Waals surface area contributed by atoms with E-state index in [9.17, 15) is 4.79 Å². The van der Waals surface area contributed by atoms with Gasteiger partial charge in [0.25, 0.3) is 5.91 Å². The second kappa shape index (κ2) is 6.96. The summed E-state index contributed by atoms with van der Waals surface area (Å²) in [5, 5.41) is 8.29. The number of carbonyl (C=O) groups excluding carboxylic acids is 1. The average molecular weight is 352 g/mol. The highest BCUT2D eigenvalue weighted by Crippen LogP contribution is 2.29. The maximum atomic E-state index is 11.7. The Balaban J connectivity index is 1.51. The standard InChI is InChI=1S/C20H24N4O2/c1-14-17(16-7-3-4-8-19(16)26-14)13-23-10-5-6-15(12-23)24-11-9-18(22-24)20(25)21-2/h3-4,7-9,11,15H,5-6,10,12-13H2,1-2H3,(H,21,25)/t15-/m0/s1. The van der Waals surface area contributed by atoms with Gasteiger partial charge in [-0.15, -0.1) is 0 Å². The van der Waals surface area contributed by atoms with Crippen LogP contribution in [0.15, 0.2) is 40.9 Å². The summed E-state index contributed by atoms with van der Waals surface area (Å²) in [7, 11) is 1.63. The number of piperidine rings is 1. The molecular formula is C20H24N4O2. The van der Waals surface area contributed by atoms with Crippen molar-refractivity contribution in [1.29, 1.82) is 0 Å². The molecule has 1 aromatic carbocycles. The first-order valence-electron chi connectivity index (χ1n) is 9.12. The van der Waals surface area contributed by atoms with Crippen LogP contribution in [0.3, 0.4) is 0 Å². The van der Waals surface area contributed by atoms with Crippen LogP contribution in [0.1, 0.15) is 40.7 Å². The predicted octanol–water partition coefficient (Wildman–Crippen LogP) is 3.13. The van der Waals surface area contributed by atoms with E-state index in [1.54, 1.807) is 13.1 Å². The number of aryl methyl sites for hydroxylation is 1. The number of likely N-dealkylation sites (tertiary alicyclic amines) is 1. The summed E-state index contributed by atoms with van der Waals surface area (Å²) in [6, 6.07) is 10.3. The van der Waals surface area contributed by atoms with Crippen molar-refractivity contribution in [3.63, 3.8) is 0 Å². The third-order valence-corrected chi connectivity index (χ3v) is 5.20. The van der Waals surface area contributed by atoms with Gasteiger partial charge in [-0.05, 0) is 38.4 Å². The minimum atomic E-state index is -0.142. The van der Waals surface area contributed by atoms with Crippen LogP contribution in [-0.2, 0) is 6.54 Å². The van der Waals surface area contributed by atoms with Crippen LogP contribution in [-0.4, -0.2) is 40.7 Å². The molecule has 3 aromatic rings. The topological polar surface area (TPSA) is 63.3 Å². The van der Waals surface area contributed by atoms with Gasteiger partial charge in [-0.3, -0.25) is 14.4 Å². The van der Waals surface area contributed by atoms with Gasteiger partial charge in [0.2, 0.25) is 0 Å². The second-order valence-corrected chi connectivity index (χ2v) is 6.92. The van der Waals surface area contributed by atoms with E-state index in [1.807, 2.05) is 29.9 Å². The van der Waals surface area contributed by atoms with Gasteiger partial charge in [-0.1, -0.05) is 18.2 Å². The Bertz CT molecular complexity index is 927. The van der Waals surface area contributed by atoms with Crippen LogP contribution >= 0.6 is 0 Å². The quantitative estimate of drug-likeness (QED) is 0.783. The first-order chi connectivity index (χ1) is 12.7. The summed E-state index contributed by atoms with van der Waals surface area (Å²) in [6.07, 6.45) is 4.11. The summed E-state index contributed by atoms with van der Waals surface area (Å²) in [5.74, 6) is 0.853. The zero-order chi connectivity index (χ0) is 18.1. The van der Waals surface area contributed by atoms with Gasteiger partial charge < -0.3 is 9.73 Å². The van der Waals surface area contributed by atoms with Gasteiger partial charge in [0.15, 0.2) is 0 Å². The lowest BCUT2D eigenvalue weighted by atomic mass is 10.0. The van der Waals surface area contributed by atoms with E-state index in [2.05, 4.69) is 27.4 Å². The Labute approximate surface area is 152 Å². The van der Waals surface area contributed by atoms with Crippen molar-refractivity contribution in [2.24, 2.45) is 0 Å². The van der Waals surface area contributed by atoms with E-state index in [0.717, 1.165) is 43.8 Å². The third-order valence-electron chi connectivity index (χ3n) is 5.20. The number of hydrogen-bond donors (Lipinski definition) is 1. The highest BCUT2D eigenvalue weighted by atomic mass is 16.3. The first-order valence-corrected chi connectivity index (χ1v) is 9.12. The minimum Gasteiger partial charge on any atom is -0.461 e. The van der Waals surface area contributed by atoms with Crippen LogP contribution < -0.4 is 5.32 Å². The molecule has 1 amide bonds. The molecule has 0 radical (unpaired) electrons. The maximum absolute atomic E-state index is 11.7. The normalized spacial score (nSPS) is 18.3. The van der Waals surface area contributed by atoms with E-state index in [-0.39, 0.29) is 5.91 Å². The number of carbonyl (C=O) groups is 1. The van der Waals surface area contributed by atoms with E-state index < -0.39 is 0 Å². The molecule has 4 rings (SSSR count). The maximum Gasteiger partial charge on any atom is 0.271 e. The molecule has 3 heterocycles. The molecule has 1 saturated heterocycles. The van der Waals surface area contributed by atoms with E-state index in [1.165, 1.54) is 10.9 Å². The number of benzene rings is 1. The number of furan rings is 1. The Morgan fingerprint density at radius 3 is 3.04 bits per heavy atom. The highest BCUT2D eigenvalue weighted by molar-refractivity contribution is 5.91. The van der Waals surface area contributed by atoms with E-state index in [0.29, 0.717) is 11.7 Å². The molecular weight excluding hydrogens is 328 g/mol. The lowest BCUT2D eigenvalue weighted by Crippen LogP contribution is -2.36. The van der Waals surface area contributed by atoms with Crippen molar-refractivity contribution in [2.45, 2.75) is 32.4 Å². The number of aromatic nitrogens is 2. The summed E-state index contributed by atoms with van der Waals surface area (Å²) in [6.45, 7) is 4.91. The van der Waals surface area contributed by atoms with Crippen molar-refractivity contribution < 1.29 is 9.21 Å². The van der Waals surface area contributed by atoms with Crippen LogP contribution in [0.5, 0.6) is 0 Å². The number of hydrogen-bond acceptors (Lipinski definition) is 4. The fourth-order valence-electron chi connectivity index (χ4n) is 3.82. The average Bonchev–Trinajstić information content (AvgIpc) is 3.27. The molecule has 6 heteroatoms. The number of amides is 1. The van der Waals surface area contributed by atoms with Gasteiger partial charge in [-0.25, -0.2) is 0 Å². The lowest BCUT2D eigenvalue weighted by Gasteiger charge is -2.32. The number of para-hydroxylation sites is 1. The molecule has 0 aliphatic carbocycles. The second-order valence-electron chi connectivity index (χ2n) is 6.92. The smallest absolute Gasteiger partial charge is 0.271 e. The molecule has 0 bridgehead atoms. The molecule has 0 spiro atoms. The minimum absolute atomic E-state index is 0.142. The number of nitrogens with one attached hydrogen (secondary N) is 1. The molecule has 26 heavy (non-hydrogen) atoms. The van der Waals surface area contributed by atoms with Crippen LogP contribution in [0.2, 0.25) is 0 Å². The fraction of sp³-hybridized carbons (Fsp3) is 0.400. The van der Waals surface area contributed by atoms with Gasteiger partial charge in [0.1, 0.15) is 17.0 Å². The van der Waals surface area contributed by atoms with E-state index in [4.69, 9.17) is 4.42 Å². The molecule has 1 aliphatic rings. The molecule has 1 fully saturated rings. The SMILES string of the molecule is CNC(=O)c1ccn([C@H]2CCCN(Cc3c(C)oc4ccccc34)C2)n1. The van der Waals surface area contributed by atoms with Crippen LogP contribution in [0.25, 0.3) is 11.0 Å².